The molecule has 4 heteroatoms. The van der Waals surface area contributed by atoms with Crippen LogP contribution in [0.1, 0.15) is 38.5 Å². The molecule has 1 saturated carbocycles. The minimum atomic E-state index is -0.789. The monoisotopic (exact) mass is 186 g/mol. The predicted octanol–water partition coefficient (Wildman–Crippen LogP) is 0.779. The molecular formula is C9H18N2O2. The average molecular weight is 186 g/mol. The Labute approximate surface area is 78.8 Å². The molecule has 0 bridgehead atoms. The highest BCUT2D eigenvalue weighted by atomic mass is 16.8. The Morgan fingerprint density at radius 3 is 2.38 bits per heavy atom. The number of aliphatic hydroxyl groups excluding tert-OH is 1. The molecule has 4 nitrogen and oxygen atoms in total. The lowest BCUT2D eigenvalue weighted by atomic mass is 10.1. The smallest absolute Gasteiger partial charge is 0.233 e. The molecule has 0 spiro atoms. The highest BCUT2D eigenvalue weighted by Crippen LogP contribution is 2.23. The Bertz CT molecular complexity index is 158. The first-order chi connectivity index (χ1) is 6.36. The third kappa shape index (κ3) is 2.40. The van der Waals surface area contributed by atoms with Gasteiger partial charge in [-0.15, -0.1) is 0 Å². The molecule has 2 N–H and O–H groups in total. The van der Waals surface area contributed by atoms with Gasteiger partial charge in [0.1, 0.15) is 0 Å². The molecule has 1 aliphatic carbocycles. The van der Waals surface area contributed by atoms with Crippen LogP contribution < -0.4 is 5.32 Å². The standard InChI is InChI=1S/C9H18N2O2/c12-9-10-7-11(13-9)8-5-3-1-2-4-6-8/h8-10,12H,1-7H2. The summed E-state index contributed by atoms with van der Waals surface area (Å²) in [4.78, 5) is 5.23. The van der Waals surface area contributed by atoms with Crippen molar-refractivity contribution in [2.24, 2.45) is 0 Å². The highest BCUT2D eigenvalue weighted by molar-refractivity contribution is 4.71. The number of aliphatic hydroxyl groups is 1. The van der Waals surface area contributed by atoms with Crippen LogP contribution in [-0.2, 0) is 4.84 Å². The van der Waals surface area contributed by atoms with Crippen molar-refractivity contribution in [1.82, 2.24) is 10.4 Å². The van der Waals surface area contributed by atoms with Gasteiger partial charge in [-0.2, -0.15) is 5.06 Å². The molecule has 1 unspecified atom stereocenters. The van der Waals surface area contributed by atoms with Crippen LogP contribution in [0.2, 0.25) is 0 Å². The number of nitrogens with one attached hydrogen (secondary N) is 1. The molecule has 0 radical (unpaired) electrons. The Morgan fingerprint density at radius 2 is 1.85 bits per heavy atom. The van der Waals surface area contributed by atoms with Crippen molar-refractivity contribution in [1.29, 1.82) is 0 Å². The van der Waals surface area contributed by atoms with Gasteiger partial charge in [-0.25, -0.2) is 0 Å². The summed E-state index contributed by atoms with van der Waals surface area (Å²) in [6, 6.07) is 0.507. The maximum Gasteiger partial charge on any atom is 0.233 e. The van der Waals surface area contributed by atoms with E-state index in [0.29, 0.717) is 12.7 Å². The fourth-order valence-electron chi connectivity index (χ4n) is 2.13. The maximum atomic E-state index is 9.13. The number of rotatable bonds is 1. The van der Waals surface area contributed by atoms with E-state index in [0.717, 1.165) is 0 Å². The van der Waals surface area contributed by atoms with E-state index in [4.69, 9.17) is 9.94 Å². The summed E-state index contributed by atoms with van der Waals surface area (Å²) in [6.45, 7) is 0.659. The second-order valence-corrected chi connectivity index (χ2v) is 3.88. The van der Waals surface area contributed by atoms with Crippen LogP contribution in [0.3, 0.4) is 0 Å². The molecule has 13 heavy (non-hydrogen) atoms. The molecular weight excluding hydrogens is 168 g/mol. The average Bonchev–Trinajstić information content (AvgIpc) is 2.43. The van der Waals surface area contributed by atoms with E-state index in [-0.39, 0.29) is 0 Å². The van der Waals surface area contributed by atoms with Crippen LogP contribution in [-0.4, -0.2) is 29.3 Å². The summed E-state index contributed by atoms with van der Waals surface area (Å²) in [5.74, 6) is 0. The van der Waals surface area contributed by atoms with Gasteiger partial charge in [-0.3, -0.25) is 10.2 Å². The lowest BCUT2D eigenvalue weighted by molar-refractivity contribution is -0.234. The van der Waals surface area contributed by atoms with Crippen LogP contribution in [0.5, 0.6) is 0 Å². The highest BCUT2D eigenvalue weighted by Gasteiger charge is 2.27. The second kappa shape index (κ2) is 4.37. The topological polar surface area (TPSA) is 44.7 Å². The lowest BCUT2D eigenvalue weighted by Gasteiger charge is -2.23. The van der Waals surface area contributed by atoms with E-state index in [2.05, 4.69) is 5.32 Å². The normalized spacial score (nSPS) is 33.5. The van der Waals surface area contributed by atoms with E-state index in [1.54, 1.807) is 0 Å². The van der Waals surface area contributed by atoms with Crippen molar-refractivity contribution < 1.29 is 9.94 Å². The zero-order chi connectivity index (χ0) is 9.10. The van der Waals surface area contributed by atoms with Crippen LogP contribution in [0.25, 0.3) is 0 Å². The van der Waals surface area contributed by atoms with Gasteiger partial charge in [0, 0.05) is 6.04 Å². The molecule has 0 aromatic carbocycles. The third-order valence-electron chi connectivity index (χ3n) is 2.89. The van der Waals surface area contributed by atoms with Crippen LogP contribution >= 0.6 is 0 Å². The Morgan fingerprint density at radius 1 is 1.15 bits per heavy atom. The van der Waals surface area contributed by atoms with E-state index in [1.165, 1.54) is 38.5 Å². The van der Waals surface area contributed by atoms with Gasteiger partial charge in [0.05, 0.1) is 6.67 Å². The second-order valence-electron chi connectivity index (χ2n) is 3.88. The van der Waals surface area contributed by atoms with Crippen molar-refractivity contribution in [3.8, 4) is 0 Å². The fraction of sp³-hybridized carbons (Fsp3) is 1.00. The van der Waals surface area contributed by atoms with Gasteiger partial charge in [0.15, 0.2) is 0 Å². The van der Waals surface area contributed by atoms with E-state index < -0.39 is 6.41 Å². The molecule has 0 aromatic heterocycles. The minimum Gasteiger partial charge on any atom is -0.355 e. The summed E-state index contributed by atoms with van der Waals surface area (Å²) in [7, 11) is 0. The van der Waals surface area contributed by atoms with E-state index >= 15 is 0 Å². The molecule has 1 saturated heterocycles. The summed E-state index contributed by atoms with van der Waals surface area (Å²) in [6.07, 6.45) is 6.90. The van der Waals surface area contributed by atoms with Crippen LogP contribution in [0.4, 0.5) is 0 Å². The van der Waals surface area contributed by atoms with E-state index in [1.807, 2.05) is 5.06 Å². The molecule has 0 aromatic rings. The number of hydrogen-bond acceptors (Lipinski definition) is 4. The Kier molecular flexibility index (Phi) is 3.16. The van der Waals surface area contributed by atoms with Gasteiger partial charge >= 0.3 is 0 Å². The molecule has 2 rings (SSSR count). The van der Waals surface area contributed by atoms with Crippen molar-refractivity contribution in [2.75, 3.05) is 6.67 Å². The van der Waals surface area contributed by atoms with Crippen LogP contribution in [0.15, 0.2) is 0 Å². The van der Waals surface area contributed by atoms with Gasteiger partial charge in [0.25, 0.3) is 0 Å². The maximum absolute atomic E-state index is 9.13. The Balaban J connectivity index is 1.84. The quantitative estimate of drug-likeness (QED) is 0.594. The van der Waals surface area contributed by atoms with Gasteiger partial charge in [0.2, 0.25) is 6.41 Å². The number of nitrogens with zero attached hydrogens (tertiary/aromatic N) is 1. The van der Waals surface area contributed by atoms with Crippen LogP contribution in [0, 0.1) is 0 Å². The van der Waals surface area contributed by atoms with Crippen molar-refractivity contribution >= 4 is 0 Å². The summed E-state index contributed by atoms with van der Waals surface area (Å²) >= 11 is 0. The molecule has 2 aliphatic rings. The van der Waals surface area contributed by atoms with Gasteiger partial charge in [-0.1, -0.05) is 25.7 Å². The first kappa shape index (κ1) is 9.40. The number of hydrogen-bond donors (Lipinski definition) is 2. The zero-order valence-corrected chi connectivity index (χ0v) is 7.91. The number of hydroxylamine groups is 2. The summed E-state index contributed by atoms with van der Waals surface area (Å²) < 4.78 is 0. The Hall–Kier alpha value is -0.160. The predicted molar refractivity (Wildman–Crippen MR) is 48.4 cm³/mol. The van der Waals surface area contributed by atoms with Crippen molar-refractivity contribution in [3.05, 3.63) is 0 Å². The molecule has 76 valence electrons. The summed E-state index contributed by atoms with van der Waals surface area (Å²) in [5.41, 5.74) is 0. The molecule has 1 atom stereocenters. The fourth-order valence-corrected chi connectivity index (χ4v) is 2.13. The lowest BCUT2D eigenvalue weighted by Crippen LogP contribution is -2.32. The van der Waals surface area contributed by atoms with Crippen molar-refractivity contribution in [2.45, 2.75) is 51.0 Å². The molecule has 2 fully saturated rings. The van der Waals surface area contributed by atoms with Gasteiger partial charge < -0.3 is 5.11 Å². The van der Waals surface area contributed by atoms with E-state index in [9.17, 15) is 0 Å². The largest absolute Gasteiger partial charge is 0.355 e. The molecule has 0 amide bonds. The molecule has 1 aliphatic heterocycles. The van der Waals surface area contributed by atoms with Gasteiger partial charge in [-0.05, 0) is 12.8 Å². The first-order valence-corrected chi connectivity index (χ1v) is 5.21. The third-order valence-corrected chi connectivity index (χ3v) is 2.89. The minimum absolute atomic E-state index is 0.507. The first-order valence-electron chi connectivity index (χ1n) is 5.21. The zero-order valence-electron chi connectivity index (χ0n) is 7.91. The summed E-state index contributed by atoms with van der Waals surface area (Å²) in [5, 5.41) is 13.9. The SMILES string of the molecule is OC1NCN(C2CCCCCC2)O1. The molecule has 1 heterocycles. The van der Waals surface area contributed by atoms with Crippen molar-refractivity contribution in [3.63, 3.8) is 0 Å².